The van der Waals surface area contributed by atoms with Gasteiger partial charge >= 0.3 is 0 Å². The fraction of sp³-hybridized carbons (Fsp3) is 0.429. The lowest BCUT2D eigenvalue weighted by molar-refractivity contribution is 0.280. The van der Waals surface area contributed by atoms with Gasteiger partial charge in [0.05, 0.1) is 35.0 Å². The van der Waals surface area contributed by atoms with E-state index in [0.717, 1.165) is 14.5 Å². The lowest BCUT2D eigenvalue weighted by Crippen LogP contribution is -1.93. The molecule has 0 saturated heterocycles. The van der Waals surface area contributed by atoms with Crippen LogP contribution in [0.4, 0.5) is 0 Å². The van der Waals surface area contributed by atoms with Crippen molar-refractivity contribution in [3.8, 4) is 17.1 Å². The number of hydrogen-bond acceptors (Lipinski definition) is 8. The summed E-state index contributed by atoms with van der Waals surface area (Å²) in [6.07, 6.45) is 0. The van der Waals surface area contributed by atoms with E-state index >= 15 is 0 Å². The molecular weight excluding hydrogens is 515 g/mol. The van der Waals surface area contributed by atoms with Crippen molar-refractivity contribution in [3.05, 3.63) is 27.0 Å². The van der Waals surface area contributed by atoms with E-state index in [2.05, 4.69) is 42.0 Å². The molecule has 1 heterocycles. The molecule has 0 aliphatic heterocycles. The second-order valence-corrected chi connectivity index (χ2v) is 12.6. The molecule has 6 nitrogen and oxygen atoms in total. The monoisotopic (exact) mass is 530 g/mol. The van der Waals surface area contributed by atoms with E-state index < -0.39 is 5.69 Å². The van der Waals surface area contributed by atoms with E-state index in [1.54, 1.807) is 7.11 Å². The Labute approximate surface area is 172 Å². The summed E-state index contributed by atoms with van der Waals surface area (Å²) in [5, 5.41) is 4.03. The molecule has 0 unspecified atom stereocenters. The predicted molar refractivity (Wildman–Crippen MR) is 111 cm³/mol. The number of benzene rings is 1. The van der Waals surface area contributed by atoms with Gasteiger partial charge in [0, 0.05) is 5.56 Å². The van der Waals surface area contributed by atoms with Gasteiger partial charge in [0.1, 0.15) is 5.75 Å². The third kappa shape index (κ3) is 5.76. The molecule has 1 aromatic carbocycles. The van der Waals surface area contributed by atoms with Crippen molar-refractivity contribution < 1.29 is 18.3 Å². The minimum atomic E-state index is -2.38. The van der Waals surface area contributed by atoms with E-state index in [9.17, 15) is 0 Å². The smallest absolute Gasteiger partial charge is 0.247 e. The molecule has 0 atom stereocenters. The Morgan fingerprint density at radius 3 is 2.32 bits per heavy atom. The third-order valence-electron chi connectivity index (χ3n) is 2.85. The number of methoxy groups -OCH3 is 1. The summed E-state index contributed by atoms with van der Waals surface area (Å²) in [6, 6.07) is 3.74. The highest BCUT2D eigenvalue weighted by Crippen LogP contribution is 2.61. The number of hydrogen-bond donors (Lipinski definition) is 0. The van der Waals surface area contributed by atoms with Gasteiger partial charge in [0.25, 0.3) is 0 Å². The molecule has 0 bridgehead atoms. The van der Waals surface area contributed by atoms with Crippen molar-refractivity contribution in [2.24, 2.45) is 0 Å². The summed E-state index contributed by atoms with van der Waals surface area (Å²) in [4.78, 5) is 4.42. The maximum Gasteiger partial charge on any atom is 0.247 e. The summed E-state index contributed by atoms with van der Waals surface area (Å²) >= 11 is 13.8. The van der Waals surface area contributed by atoms with Gasteiger partial charge in [-0.15, -0.1) is 0 Å². The Morgan fingerprint density at radius 2 is 1.80 bits per heavy atom. The summed E-state index contributed by atoms with van der Waals surface area (Å²) in [6.45, 7) is 4.80. The van der Waals surface area contributed by atoms with Crippen LogP contribution in [0.5, 0.6) is 5.75 Å². The third-order valence-corrected chi connectivity index (χ3v) is 9.42. The van der Waals surface area contributed by atoms with Crippen LogP contribution >= 0.6 is 48.9 Å². The maximum absolute atomic E-state index is 5.59. The highest BCUT2D eigenvalue weighted by atomic mass is 79.9. The van der Waals surface area contributed by atoms with E-state index in [1.807, 2.05) is 26.0 Å². The number of aromatic nitrogens is 2. The second kappa shape index (κ2) is 9.82. The zero-order valence-corrected chi connectivity index (χ0v) is 19.5. The number of ether oxygens (including phenoxy) is 1. The topological polar surface area (TPSA) is 66.6 Å². The highest BCUT2D eigenvalue weighted by molar-refractivity contribution is 9.11. The molecule has 0 N–H and O–H groups in total. The Morgan fingerprint density at radius 1 is 1.20 bits per heavy atom. The van der Waals surface area contributed by atoms with Crippen LogP contribution in [0, 0.1) is 0 Å². The fourth-order valence-electron chi connectivity index (χ4n) is 1.88. The molecule has 0 fully saturated rings. The van der Waals surface area contributed by atoms with Gasteiger partial charge in [-0.2, -0.15) is 4.98 Å². The van der Waals surface area contributed by atoms with Gasteiger partial charge in [-0.1, -0.05) is 16.5 Å². The molecule has 2 aromatic rings. The van der Waals surface area contributed by atoms with Crippen LogP contribution in [0.15, 0.2) is 25.6 Å². The molecule has 1 aromatic heterocycles. The van der Waals surface area contributed by atoms with Gasteiger partial charge in [-0.25, -0.2) is 0 Å². The highest BCUT2D eigenvalue weighted by Gasteiger charge is 2.21. The normalized spacial score (nSPS) is 11.7. The lowest BCUT2D eigenvalue weighted by atomic mass is 10.2. The first-order valence-electron chi connectivity index (χ1n) is 7.32. The first-order chi connectivity index (χ1) is 11.9. The molecule has 11 heteroatoms. The summed E-state index contributed by atoms with van der Waals surface area (Å²) < 4.78 is 23.4. The van der Waals surface area contributed by atoms with Crippen LogP contribution in [0.2, 0.25) is 0 Å². The molecule has 138 valence electrons. The summed E-state index contributed by atoms with van der Waals surface area (Å²) in [7, 11) is 1.61. The molecule has 25 heavy (non-hydrogen) atoms. The minimum absolute atomic E-state index is 0.433. The Kier molecular flexibility index (Phi) is 8.39. The van der Waals surface area contributed by atoms with Gasteiger partial charge < -0.3 is 18.3 Å². The van der Waals surface area contributed by atoms with Gasteiger partial charge in [0.2, 0.25) is 17.4 Å². The lowest BCUT2D eigenvalue weighted by Gasteiger charge is -2.18. The van der Waals surface area contributed by atoms with Gasteiger partial charge in [-0.3, -0.25) is 0 Å². The molecule has 0 radical (unpaired) electrons. The van der Waals surface area contributed by atoms with E-state index in [-0.39, 0.29) is 0 Å². The maximum atomic E-state index is 5.59. The average Bonchev–Trinajstić information content (AvgIpc) is 3.02. The molecule has 0 aliphatic carbocycles. The minimum Gasteiger partial charge on any atom is -0.494 e. The van der Waals surface area contributed by atoms with Crippen molar-refractivity contribution in [1.82, 2.24) is 10.1 Å². The van der Waals surface area contributed by atoms with Crippen LogP contribution in [0.25, 0.3) is 11.4 Å². The van der Waals surface area contributed by atoms with Crippen molar-refractivity contribution in [1.29, 1.82) is 0 Å². The molecule has 2 rings (SSSR count). The first-order valence-corrected chi connectivity index (χ1v) is 13.1. The van der Waals surface area contributed by atoms with E-state index in [4.69, 9.17) is 30.1 Å². The largest absolute Gasteiger partial charge is 0.494 e. The Bertz CT molecular complexity index is 742. The van der Waals surface area contributed by atoms with Gasteiger partial charge in [0.15, 0.2) is 0 Å². The van der Waals surface area contributed by atoms with E-state index in [0.29, 0.717) is 36.4 Å². The van der Waals surface area contributed by atoms with Crippen LogP contribution in [0.1, 0.15) is 19.7 Å². The number of rotatable bonds is 9. The average molecular weight is 532 g/mol. The SMILES string of the molecule is CCOP(=S)(OCC)SCc1nc(-c2cc(Br)c(OC)c(Br)c2)no1. The number of nitrogens with zero attached hydrogens (tertiary/aromatic N) is 2. The van der Waals surface area contributed by atoms with Crippen molar-refractivity contribution in [2.75, 3.05) is 20.3 Å². The zero-order chi connectivity index (χ0) is 18.4. The predicted octanol–water partition coefficient (Wildman–Crippen LogP) is 5.80. The second-order valence-electron chi connectivity index (χ2n) is 4.54. The summed E-state index contributed by atoms with van der Waals surface area (Å²) in [5.41, 5.74) is -1.58. The molecule has 0 saturated carbocycles. The Balaban J connectivity index is 2.14. The van der Waals surface area contributed by atoms with Crippen LogP contribution in [-0.2, 0) is 26.6 Å². The van der Waals surface area contributed by atoms with E-state index in [1.165, 1.54) is 11.4 Å². The molecule has 0 spiro atoms. The van der Waals surface area contributed by atoms with Crippen LogP contribution in [-0.4, -0.2) is 30.5 Å². The molecular formula is C14H17Br2N2O4PS2. The number of halogens is 2. The van der Waals surface area contributed by atoms with Crippen molar-refractivity contribution in [3.63, 3.8) is 0 Å². The molecule has 0 amide bonds. The standard InChI is InChI=1S/C14H17Br2N2O4PS2/c1-4-20-23(24,21-5-2)25-8-12-17-14(18-22-12)9-6-10(15)13(19-3)11(16)7-9/h6-7H,4-5,8H2,1-3H3. The first kappa shape index (κ1) is 21.3. The zero-order valence-electron chi connectivity index (χ0n) is 13.8. The fourth-order valence-corrected chi connectivity index (χ4v) is 7.62. The quantitative estimate of drug-likeness (QED) is 0.376. The van der Waals surface area contributed by atoms with Crippen molar-refractivity contribution >= 4 is 60.7 Å². The van der Waals surface area contributed by atoms with Crippen molar-refractivity contribution in [2.45, 2.75) is 19.6 Å². The van der Waals surface area contributed by atoms with Gasteiger partial charge in [-0.05, 0) is 69.6 Å². The van der Waals surface area contributed by atoms with Crippen LogP contribution < -0.4 is 4.74 Å². The Hall–Kier alpha value is 0.0400. The molecule has 0 aliphatic rings. The van der Waals surface area contributed by atoms with Crippen LogP contribution in [0.3, 0.4) is 0 Å². The summed E-state index contributed by atoms with van der Waals surface area (Å²) in [5.74, 6) is 2.09.